The summed E-state index contributed by atoms with van der Waals surface area (Å²) in [6.07, 6.45) is 0.938. The molecular formula is C8H20N2O. The standard InChI is InChI=1S/C8H20N2O/c1-5-8(9)10(7(3)4)11-6-2/h7-8H,5-6,9H2,1-4H3. The minimum atomic E-state index is 0.0231. The Morgan fingerprint density at radius 2 is 1.91 bits per heavy atom. The quantitative estimate of drug-likeness (QED) is 0.487. The monoisotopic (exact) mass is 160 g/mol. The fraction of sp³-hybridized carbons (Fsp3) is 1.00. The first-order valence-corrected chi connectivity index (χ1v) is 4.30. The minimum absolute atomic E-state index is 0.0231. The van der Waals surface area contributed by atoms with E-state index in [-0.39, 0.29) is 6.17 Å². The van der Waals surface area contributed by atoms with Gasteiger partial charge in [-0.05, 0) is 27.2 Å². The minimum Gasteiger partial charge on any atom is -0.314 e. The molecule has 0 aromatic rings. The van der Waals surface area contributed by atoms with Gasteiger partial charge < -0.3 is 5.73 Å². The summed E-state index contributed by atoms with van der Waals surface area (Å²) in [4.78, 5) is 5.36. The molecule has 2 N–H and O–H groups in total. The van der Waals surface area contributed by atoms with E-state index in [1.54, 1.807) is 0 Å². The largest absolute Gasteiger partial charge is 0.314 e. The lowest BCUT2D eigenvalue weighted by Gasteiger charge is -2.30. The zero-order valence-electron chi connectivity index (χ0n) is 8.00. The van der Waals surface area contributed by atoms with Crippen LogP contribution in [0.3, 0.4) is 0 Å². The van der Waals surface area contributed by atoms with E-state index in [0.29, 0.717) is 12.6 Å². The maximum atomic E-state index is 5.81. The number of nitrogens with two attached hydrogens (primary N) is 1. The Labute approximate surface area is 69.5 Å². The molecule has 0 amide bonds. The van der Waals surface area contributed by atoms with E-state index in [9.17, 15) is 0 Å². The Kier molecular flexibility index (Phi) is 5.46. The van der Waals surface area contributed by atoms with Crippen LogP contribution in [0.4, 0.5) is 0 Å². The third-order valence-electron chi connectivity index (χ3n) is 1.53. The molecule has 0 spiro atoms. The van der Waals surface area contributed by atoms with Crippen molar-refractivity contribution < 1.29 is 4.84 Å². The summed E-state index contributed by atoms with van der Waals surface area (Å²) in [5.74, 6) is 0. The summed E-state index contributed by atoms with van der Waals surface area (Å²) in [6, 6.07) is 0.352. The van der Waals surface area contributed by atoms with Gasteiger partial charge in [-0.2, -0.15) is 5.06 Å². The Hall–Kier alpha value is -0.120. The van der Waals surface area contributed by atoms with Gasteiger partial charge in [0, 0.05) is 6.04 Å². The molecule has 0 aliphatic rings. The number of nitrogens with zero attached hydrogens (tertiary/aromatic N) is 1. The Bertz CT molecular complexity index is 96.1. The van der Waals surface area contributed by atoms with Crippen LogP contribution in [0.1, 0.15) is 34.1 Å². The third kappa shape index (κ3) is 3.70. The molecule has 0 rings (SSSR count). The molecule has 0 aliphatic heterocycles. The van der Waals surface area contributed by atoms with Crippen LogP contribution in [-0.4, -0.2) is 23.9 Å². The molecule has 0 heterocycles. The molecule has 0 aromatic heterocycles. The van der Waals surface area contributed by atoms with E-state index in [1.807, 2.05) is 12.0 Å². The lowest BCUT2D eigenvalue weighted by atomic mass is 10.3. The molecule has 0 saturated heterocycles. The van der Waals surface area contributed by atoms with Crippen LogP contribution < -0.4 is 5.73 Å². The van der Waals surface area contributed by atoms with Gasteiger partial charge in [-0.1, -0.05) is 6.92 Å². The molecular weight excluding hydrogens is 140 g/mol. The van der Waals surface area contributed by atoms with Crippen molar-refractivity contribution in [2.45, 2.75) is 46.3 Å². The number of hydroxylamine groups is 2. The fourth-order valence-corrected chi connectivity index (χ4v) is 0.957. The SMILES string of the molecule is CCON(C(C)C)C(N)CC. The van der Waals surface area contributed by atoms with Crippen LogP contribution in [-0.2, 0) is 4.84 Å². The smallest absolute Gasteiger partial charge is 0.0818 e. The molecule has 0 aliphatic carbocycles. The van der Waals surface area contributed by atoms with Crippen LogP contribution in [0.2, 0.25) is 0 Å². The Morgan fingerprint density at radius 1 is 1.36 bits per heavy atom. The second kappa shape index (κ2) is 5.52. The van der Waals surface area contributed by atoms with E-state index in [1.165, 1.54) is 0 Å². The van der Waals surface area contributed by atoms with Crippen molar-refractivity contribution in [3.8, 4) is 0 Å². The van der Waals surface area contributed by atoms with Gasteiger partial charge in [0.15, 0.2) is 0 Å². The number of hydrogen-bond donors (Lipinski definition) is 1. The van der Waals surface area contributed by atoms with Crippen molar-refractivity contribution in [3.05, 3.63) is 0 Å². The summed E-state index contributed by atoms with van der Waals surface area (Å²) in [5.41, 5.74) is 5.81. The number of hydrogen-bond acceptors (Lipinski definition) is 3. The normalized spacial score (nSPS) is 14.5. The topological polar surface area (TPSA) is 38.5 Å². The second-order valence-electron chi connectivity index (χ2n) is 2.85. The molecule has 0 bridgehead atoms. The molecule has 1 atom stereocenters. The van der Waals surface area contributed by atoms with E-state index in [4.69, 9.17) is 10.6 Å². The van der Waals surface area contributed by atoms with E-state index in [2.05, 4.69) is 20.8 Å². The van der Waals surface area contributed by atoms with Gasteiger partial charge in [0.25, 0.3) is 0 Å². The second-order valence-corrected chi connectivity index (χ2v) is 2.85. The Morgan fingerprint density at radius 3 is 2.18 bits per heavy atom. The molecule has 3 heteroatoms. The molecule has 68 valence electrons. The van der Waals surface area contributed by atoms with Crippen LogP contribution >= 0.6 is 0 Å². The Balaban J connectivity index is 3.87. The van der Waals surface area contributed by atoms with Crippen molar-refractivity contribution in [3.63, 3.8) is 0 Å². The summed E-state index contributed by atoms with van der Waals surface area (Å²) in [5, 5.41) is 1.85. The van der Waals surface area contributed by atoms with E-state index in [0.717, 1.165) is 6.42 Å². The van der Waals surface area contributed by atoms with Crippen LogP contribution in [0.25, 0.3) is 0 Å². The van der Waals surface area contributed by atoms with Gasteiger partial charge in [-0.25, -0.2) is 0 Å². The summed E-state index contributed by atoms with van der Waals surface area (Å²) >= 11 is 0. The van der Waals surface area contributed by atoms with Crippen molar-refractivity contribution in [1.29, 1.82) is 0 Å². The predicted molar refractivity (Wildman–Crippen MR) is 46.9 cm³/mol. The van der Waals surface area contributed by atoms with Crippen LogP contribution in [0.15, 0.2) is 0 Å². The maximum Gasteiger partial charge on any atom is 0.0818 e. The fourth-order valence-electron chi connectivity index (χ4n) is 0.957. The third-order valence-corrected chi connectivity index (χ3v) is 1.53. The lowest BCUT2D eigenvalue weighted by molar-refractivity contribution is -0.202. The van der Waals surface area contributed by atoms with Crippen molar-refractivity contribution in [2.75, 3.05) is 6.61 Å². The van der Waals surface area contributed by atoms with E-state index >= 15 is 0 Å². The van der Waals surface area contributed by atoms with Gasteiger partial charge in [0.1, 0.15) is 0 Å². The lowest BCUT2D eigenvalue weighted by Crippen LogP contribution is -2.45. The van der Waals surface area contributed by atoms with Gasteiger partial charge in [-0.3, -0.25) is 4.84 Å². The molecule has 0 fully saturated rings. The highest BCUT2D eigenvalue weighted by molar-refractivity contribution is 4.59. The maximum absolute atomic E-state index is 5.81. The molecule has 0 saturated carbocycles. The first-order chi connectivity index (χ1) is 5.13. The predicted octanol–water partition coefficient (Wildman–Crippen LogP) is 1.34. The van der Waals surface area contributed by atoms with Gasteiger partial charge in [-0.15, -0.1) is 0 Å². The average Bonchev–Trinajstić information content (AvgIpc) is 1.98. The van der Waals surface area contributed by atoms with Gasteiger partial charge in [0.2, 0.25) is 0 Å². The van der Waals surface area contributed by atoms with Gasteiger partial charge in [0.05, 0.1) is 12.8 Å². The van der Waals surface area contributed by atoms with Crippen molar-refractivity contribution >= 4 is 0 Å². The molecule has 0 aromatic carbocycles. The zero-order valence-corrected chi connectivity index (χ0v) is 8.00. The highest BCUT2D eigenvalue weighted by atomic mass is 16.7. The van der Waals surface area contributed by atoms with Crippen molar-refractivity contribution in [1.82, 2.24) is 5.06 Å². The van der Waals surface area contributed by atoms with Crippen LogP contribution in [0.5, 0.6) is 0 Å². The van der Waals surface area contributed by atoms with Crippen LogP contribution in [0, 0.1) is 0 Å². The highest BCUT2D eigenvalue weighted by Gasteiger charge is 2.15. The zero-order chi connectivity index (χ0) is 8.85. The molecule has 0 radical (unpaired) electrons. The number of rotatable bonds is 5. The highest BCUT2D eigenvalue weighted by Crippen LogP contribution is 2.04. The molecule has 3 nitrogen and oxygen atoms in total. The average molecular weight is 160 g/mol. The molecule has 11 heavy (non-hydrogen) atoms. The first kappa shape index (κ1) is 10.9. The van der Waals surface area contributed by atoms with E-state index < -0.39 is 0 Å². The first-order valence-electron chi connectivity index (χ1n) is 4.30. The van der Waals surface area contributed by atoms with Crippen molar-refractivity contribution in [2.24, 2.45) is 5.73 Å². The molecule has 1 unspecified atom stereocenters. The summed E-state index contributed by atoms with van der Waals surface area (Å²) in [7, 11) is 0. The summed E-state index contributed by atoms with van der Waals surface area (Å²) in [6.45, 7) is 8.86. The van der Waals surface area contributed by atoms with Gasteiger partial charge >= 0.3 is 0 Å². The summed E-state index contributed by atoms with van der Waals surface area (Å²) < 4.78 is 0.